The number of aryl methyl sites for hydroxylation is 2. The number of hydrogen-bond donors (Lipinski definition) is 1. The van der Waals surface area contributed by atoms with Crippen LogP contribution in [0.3, 0.4) is 0 Å². The summed E-state index contributed by atoms with van der Waals surface area (Å²) in [6.45, 7) is 7.35. The molecular weight excluding hydrogens is 538 g/mol. The number of amides is 2. The topological polar surface area (TPSA) is 96.0 Å². The lowest BCUT2D eigenvalue weighted by atomic mass is 10.0. The van der Waals surface area contributed by atoms with E-state index in [9.17, 15) is 18.0 Å². The first-order valence-electron chi connectivity index (χ1n) is 13.7. The van der Waals surface area contributed by atoms with Crippen LogP contribution >= 0.6 is 0 Å². The van der Waals surface area contributed by atoms with Crippen LogP contribution in [0.2, 0.25) is 0 Å². The van der Waals surface area contributed by atoms with E-state index in [1.807, 2.05) is 88.4 Å². The highest BCUT2D eigenvalue weighted by Crippen LogP contribution is 2.31. The maximum atomic E-state index is 14.2. The molecule has 0 aliphatic rings. The van der Waals surface area contributed by atoms with Crippen LogP contribution in [-0.4, -0.2) is 57.1 Å². The van der Waals surface area contributed by atoms with E-state index in [0.717, 1.165) is 39.2 Å². The molecule has 0 bridgehead atoms. The maximum absolute atomic E-state index is 14.2. The molecule has 0 saturated carbocycles. The summed E-state index contributed by atoms with van der Waals surface area (Å²) in [7, 11) is -2.44. The molecule has 220 valence electrons. The van der Waals surface area contributed by atoms with Crippen LogP contribution < -0.4 is 14.4 Å². The summed E-state index contributed by atoms with van der Waals surface area (Å²) >= 11 is 0. The van der Waals surface area contributed by atoms with Crippen LogP contribution in [0.5, 0.6) is 5.75 Å². The summed E-state index contributed by atoms with van der Waals surface area (Å²) in [4.78, 5) is 29.5. The first kappa shape index (κ1) is 31.7. The Labute approximate surface area is 244 Å². The molecule has 0 heterocycles. The van der Waals surface area contributed by atoms with E-state index in [-0.39, 0.29) is 30.6 Å². The van der Waals surface area contributed by atoms with Crippen LogP contribution in [0.4, 0.5) is 5.69 Å². The first-order valence-corrected chi connectivity index (χ1v) is 15.6. The van der Waals surface area contributed by atoms with E-state index in [4.69, 9.17) is 4.74 Å². The zero-order valence-corrected chi connectivity index (χ0v) is 25.6. The number of benzene rings is 3. The van der Waals surface area contributed by atoms with Crippen molar-refractivity contribution in [3.63, 3.8) is 0 Å². The fourth-order valence-corrected chi connectivity index (χ4v) is 5.32. The Morgan fingerprint density at radius 2 is 1.56 bits per heavy atom. The van der Waals surface area contributed by atoms with Gasteiger partial charge in [0.25, 0.3) is 0 Å². The number of ether oxygens (including phenoxy) is 1. The number of hydrogen-bond acceptors (Lipinski definition) is 5. The van der Waals surface area contributed by atoms with Gasteiger partial charge < -0.3 is 15.0 Å². The fraction of sp³-hybridized carbons (Fsp3) is 0.375. The van der Waals surface area contributed by atoms with Gasteiger partial charge in [-0.05, 0) is 56.0 Å². The van der Waals surface area contributed by atoms with Gasteiger partial charge in [0.1, 0.15) is 18.3 Å². The van der Waals surface area contributed by atoms with Crippen molar-refractivity contribution in [3.8, 4) is 5.75 Å². The maximum Gasteiger partial charge on any atom is 0.244 e. The molecule has 3 rings (SSSR count). The molecule has 3 aromatic rings. The summed E-state index contributed by atoms with van der Waals surface area (Å²) in [6, 6.07) is 21.4. The quantitative estimate of drug-likeness (QED) is 0.319. The first-order chi connectivity index (χ1) is 19.4. The Hall–Kier alpha value is -3.85. The number of nitrogens with one attached hydrogen (secondary N) is 1. The number of anilines is 1. The molecule has 0 saturated heterocycles. The molecule has 3 aromatic carbocycles. The second-order valence-electron chi connectivity index (χ2n) is 10.5. The molecule has 2 atom stereocenters. The highest BCUT2D eigenvalue weighted by Gasteiger charge is 2.34. The number of rotatable bonds is 13. The summed E-state index contributed by atoms with van der Waals surface area (Å²) in [6.07, 6.45) is 2.06. The predicted molar refractivity (Wildman–Crippen MR) is 163 cm³/mol. The number of carbonyl (C=O) groups excluding carboxylic acids is 2. The summed E-state index contributed by atoms with van der Waals surface area (Å²) < 4.78 is 32.6. The molecule has 0 unspecified atom stereocenters. The minimum absolute atomic E-state index is 0.0961. The molecule has 8 nitrogen and oxygen atoms in total. The van der Waals surface area contributed by atoms with Crippen molar-refractivity contribution in [3.05, 3.63) is 95.1 Å². The third kappa shape index (κ3) is 8.82. The molecule has 0 spiro atoms. The number of nitrogens with zero attached hydrogens (tertiary/aromatic N) is 2. The summed E-state index contributed by atoms with van der Waals surface area (Å²) in [5.74, 6) is -0.461. The molecular formula is C32H41N3O5S. The zero-order valence-electron chi connectivity index (χ0n) is 24.8. The highest BCUT2D eigenvalue weighted by atomic mass is 32.2. The average Bonchev–Trinajstić information content (AvgIpc) is 2.94. The fourth-order valence-electron chi connectivity index (χ4n) is 4.47. The largest absolute Gasteiger partial charge is 0.495 e. The number of carbonyl (C=O) groups is 2. The molecule has 2 amide bonds. The van der Waals surface area contributed by atoms with Crippen molar-refractivity contribution in [2.24, 2.45) is 0 Å². The lowest BCUT2D eigenvalue weighted by molar-refractivity contribution is -0.140. The third-order valence-electron chi connectivity index (χ3n) is 7.03. The molecule has 0 fully saturated rings. The van der Waals surface area contributed by atoms with Crippen LogP contribution in [-0.2, 0) is 32.6 Å². The van der Waals surface area contributed by atoms with Gasteiger partial charge in [-0.3, -0.25) is 13.9 Å². The Morgan fingerprint density at radius 1 is 0.927 bits per heavy atom. The van der Waals surface area contributed by atoms with Gasteiger partial charge in [-0.1, -0.05) is 73.2 Å². The van der Waals surface area contributed by atoms with Gasteiger partial charge in [-0.25, -0.2) is 8.42 Å². The van der Waals surface area contributed by atoms with Crippen molar-refractivity contribution in [2.75, 3.05) is 24.2 Å². The Kier molecular flexibility index (Phi) is 10.9. The Bertz CT molecular complexity index is 1430. The molecule has 0 aromatic heterocycles. The lowest BCUT2D eigenvalue weighted by Gasteiger charge is -2.34. The van der Waals surface area contributed by atoms with Crippen molar-refractivity contribution >= 4 is 27.5 Å². The molecule has 9 heteroatoms. The Balaban J connectivity index is 2.10. The lowest BCUT2D eigenvalue weighted by Crippen LogP contribution is -2.54. The van der Waals surface area contributed by atoms with Crippen molar-refractivity contribution in [1.29, 1.82) is 0 Å². The summed E-state index contributed by atoms with van der Waals surface area (Å²) in [5.41, 5.74) is 3.86. The molecule has 0 radical (unpaired) electrons. The molecule has 1 N–H and O–H groups in total. The van der Waals surface area contributed by atoms with Crippen LogP contribution in [0.1, 0.15) is 42.5 Å². The van der Waals surface area contributed by atoms with Crippen molar-refractivity contribution in [2.45, 2.75) is 59.2 Å². The Morgan fingerprint density at radius 3 is 2.15 bits per heavy atom. The van der Waals surface area contributed by atoms with Crippen LogP contribution in [0.15, 0.2) is 72.8 Å². The molecule has 0 aliphatic carbocycles. The zero-order chi connectivity index (χ0) is 30.2. The monoisotopic (exact) mass is 579 g/mol. The van der Waals surface area contributed by atoms with Gasteiger partial charge in [0, 0.05) is 19.0 Å². The molecule has 0 aliphatic heterocycles. The second-order valence-corrected chi connectivity index (χ2v) is 12.4. The van der Waals surface area contributed by atoms with E-state index in [0.29, 0.717) is 5.75 Å². The predicted octanol–water partition coefficient (Wildman–Crippen LogP) is 4.63. The van der Waals surface area contributed by atoms with Crippen LogP contribution in [0.25, 0.3) is 0 Å². The van der Waals surface area contributed by atoms with E-state index in [1.165, 1.54) is 12.0 Å². The minimum Gasteiger partial charge on any atom is -0.495 e. The smallest absolute Gasteiger partial charge is 0.244 e. The van der Waals surface area contributed by atoms with Gasteiger partial charge in [0.05, 0.1) is 19.1 Å². The van der Waals surface area contributed by atoms with E-state index in [2.05, 4.69) is 5.32 Å². The number of sulfonamides is 1. The van der Waals surface area contributed by atoms with E-state index < -0.39 is 28.5 Å². The third-order valence-corrected chi connectivity index (χ3v) is 8.15. The highest BCUT2D eigenvalue weighted by molar-refractivity contribution is 7.92. The molecule has 41 heavy (non-hydrogen) atoms. The normalized spacial score (nSPS) is 12.7. The minimum atomic E-state index is -3.90. The summed E-state index contributed by atoms with van der Waals surface area (Å²) in [5, 5.41) is 3.04. The SMILES string of the molecule is CC[C@H](C)NC(=O)[C@H](Cc1ccccc1)N(Cc1ccc(C)cc1)C(=O)CN(c1cc(C)ccc1OC)S(C)(=O)=O. The van der Waals surface area contributed by atoms with Crippen LogP contribution in [0, 0.1) is 13.8 Å². The van der Waals surface area contributed by atoms with Gasteiger partial charge in [-0.15, -0.1) is 0 Å². The van der Waals surface area contributed by atoms with Crippen molar-refractivity contribution < 1.29 is 22.7 Å². The van der Waals surface area contributed by atoms with Gasteiger partial charge in [-0.2, -0.15) is 0 Å². The van der Waals surface area contributed by atoms with E-state index in [1.54, 1.807) is 12.1 Å². The van der Waals surface area contributed by atoms with E-state index >= 15 is 0 Å². The average molecular weight is 580 g/mol. The number of methoxy groups -OCH3 is 1. The second kappa shape index (κ2) is 14.2. The van der Waals surface area contributed by atoms with Crippen molar-refractivity contribution in [1.82, 2.24) is 10.2 Å². The van der Waals surface area contributed by atoms with Gasteiger partial charge >= 0.3 is 0 Å². The van der Waals surface area contributed by atoms with Gasteiger partial charge in [0.2, 0.25) is 21.8 Å². The standard InChI is InChI=1S/C32H41N3O5S/c1-7-25(4)33-32(37)29(20-26-11-9-8-10-12-26)34(21-27-16-13-23(2)14-17-27)31(36)22-35(41(6,38)39)28-19-24(3)15-18-30(28)40-5/h8-19,25,29H,7,20-22H2,1-6H3,(H,33,37)/t25-,29-/m0/s1. The van der Waals surface area contributed by atoms with Gasteiger partial charge in [0.15, 0.2) is 0 Å².